The summed E-state index contributed by atoms with van der Waals surface area (Å²) in [6.07, 6.45) is 4.89. The van der Waals surface area contributed by atoms with Gasteiger partial charge in [0.1, 0.15) is 18.2 Å². The zero-order chi connectivity index (χ0) is 10.7. The minimum Gasteiger partial charge on any atom is -0.486 e. The molecule has 0 saturated carbocycles. The van der Waals surface area contributed by atoms with E-state index in [-0.39, 0.29) is 12.4 Å². The van der Waals surface area contributed by atoms with Crippen molar-refractivity contribution in [3.8, 4) is 5.75 Å². The summed E-state index contributed by atoms with van der Waals surface area (Å²) in [5, 5.41) is 7.08. The lowest BCUT2D eigenvalue weighted by molar-refractivity contribution is 0.373. The van der Waals surface area contributed by atoms with Crippen LogP contribution < -0.4 is 10.5 Å². The van der Waals surface area contributed by atoms with Crippen molar-refractivity contribution in [3.63, 3.8) is 0 Å². The van der Waals surface area contributed by atoms with Crippen molar-refractivity contribution in [3.05, 3.63) is 29.3 Å². The fraction of sp³-hybridized carbons (Fsp3) is 0.417. The minimum absolute atomic E-state index is 0.0627. The second-order valence-corrected chi connectivity index (χ2v) is 3.95. The van der Waals surface area contributed by atoms with Crippen LogP contribution in [0.15, 0.2) is 18.2 Å². The van der Waals surface area contributed by atoms with Crippen LogP contribution in [0.25, 0.3) is 0 Å². The third kappa shape index (κ3) is 2.49. The average molecular weight is 204 g/mol. The fourth-order valence-corrected chi connectivity index (χ4v) is 1.96. The van der Waals surface area contributed by atoms with E-state index in [1.807, 2.05) is 6.07 Å². The number of benzene rings is 1. The maximum absolute atomic E-state index is 7.08. The van der Waals surface area contributed by atoms with Crippen LogP contribution in [-0.2, 0) is 12.8 Å². The van der Waals surface area contributed by atoms with Gasteiger partial charge in [0.05, 0.1) is 0 Å². The molecule has 1 aliphatic rings. The smallest absolute Gasteiger partial charge is 0.145 e. The summed E-state index contributed by atoms with van der Waals surface area (Å²) in [5.74, 6) is 0.888. The van der Waals surface area contributed by atoms with E-state index in [2.05, 4.69) is 12.1 Å². The van der Waals surface area contributed by atoms with Crippen molar-refractivity contribution in [2.75, 3.05) is 6.61 Å². The van der Waals surface area contributed by atoms with Gasteiger partial charge in [-0.3, -0.25) is 5.41 Å². The highest BCUT2D eigenvalue weighted by Gasteiger charge is 2.09. The molecule has 80 valence electrons. The van der Waals surface area contributed by atoms with E-state index in [1.54, 1.807) is 0 Å². The molecule has 0 bridgehead atoms. The van der Waals surface area contributed by atoms with Crippen molar-refractivity contribution >= 4 is 5.84 Å². The molecule has 2 rings (SSSR count). The Hall–Kier alpha value is -1.51. The number of fused-ring (bicyclic) bond motifs is 1. The number of nitrogens with two attached hydrogens (primary N) is 1. The second-order valence-electron chi connectivity index (χ2n) is 3.95. The van der Waals surface area contributed by atoms with E-state index < -0.39 is 0 Å². The van der Waals surface area contributed by atoms with Gasteiger partial charge in [-0.05, 0) is 48.9 Å². The Morgan fingerprint density at radius 3 is 2.73 bits per heavy atom. The van der Waals surface area contributed by atoms with Crippen molar-refractivity contribution in [1.29, 1.82) is 5.41 Å². The Bertz CT molecular complexity index is 374. The van der Waals surface area contributed by atoms with Gasteiger partial charge in [-0.1, -0.05) is 6.07 Å². The second kappa shape index (κ2) is 4.34. The van der Waals surface area contributed by atoms with Gasteiger partial charge >= 0.3 is 0 Å². The summed E-state index contributed by atoms with van der Waals surface area (Å²) < 4.78 is 5.38. The molecule has 0 heterocycles. The standard InChI is InChI=1S/C12H16N2O/c13-12(14)8-15-11-6-5-9-3-1-2-4-10(9)7-11/h5-7H,1-4,8H2,(H3,13,14). The Morgan fingerprint density at radius 2 is 2.00 bits per heavy atom. The van der Waals surface area contributed by atoms with Crippen LogP contribution in [-0.4, -0.2) is 12.4 Å². The maximum Gasteiger partial charge on any atom is 0.145 e. The topological polar surface area (TPSA) is 59.1 Å². The van der Waals surface area contributed by atoms with E-state index in [0.717, 1.165) is 12.2 Å². The number of rotatable bonds is 3. The van der Waals surface area contributed by atoms with Crippen molar-refractivity contribution in [2.24, 2.45) is 5.73 Å². The van der Waals surface area contributed by atoms with Gasteiger partial charge in [-0.25, -0.2) is 0 Å². The maximum atomic E-state index is 7.08. The van der Waals surface area contributed by atoms with Crippen LogP contribution >= 0.6 is 0 Å². The molecule has 1 aromatic rings. The number of ether oxygens (including phenoxy) is 1. The third-order valence-corrected chi connectivity index (χ3v) is 2.71. The molecule has 0 amide bonds. The minimum atomic E-state index is 0.0627. The molecule has 3 nitrogen and oxygen atoms in total. The molecule has 0 unspecified atom stereocenters. The van der Waals surface area contributed by atoms with Gasteiger partial charge in [0.25, 0.3) is 0 Å². The van der Waals surface area contributed by atoms with Crippen molar-refractivity contribution in [2.45, 2.75) is 25.7 Å². The van der Waals surface area contributed by atoms with E-state index in [0.29, 0.717) is 0 Å². The van der Waals surface area contributed by atoms with E-state index in [9.17, 15) is 0 Å². The fourth-order valence-electron chi connectivity index (χ4n) is 1.96. The van der Waals surface area contributed by atoms with Gasteiger partial charge in [0.15, 0.2) is 0 Å². The Morgan fingerprint density at radius 1 is 1.27 bits per heavy atom. The third-order valence-electron chi connectivity index (χ3n) is 2.71. The SMILES string of the molecule is N=C(N)COc1ccc2c(c1)CCCC2. The van der Waals surface area contributed by atoms with Gasteiger partial charge in [-0.2, -0.15) is 0 Å². The Balaban J connectivity index is 2.10. The number of hydrogen-bond donors (Lipinski definition) is 2. The predicted molar refractivity (Wildman–Crippen MR) is 60.5 cm³/mol. The summed E-state index contributed by atoms with van der Waals surface area (Å²) in [5.41, 5.74) is 8.07. The molecule has 0 atom stereocenters. The Kier molecular flexibility index (Phi) is 2.90. The number of amidine groups is 1. The molecule has 0 saturated heterocycles. The lowest BCUT2D eigenvalue weighted by atomic mass is 9.92. The molecule has 0 aromatic heterocycles. The molecule has 0 aliphatic heterocycles. The van der Waals surface area contributed by atoms with Crippen LogP contribution in [0.4, 0.5) is 0 Å². The summed E-state index contributed by atoms with van der Waals surface area (Å²) in [6, 6.07) is 6.18. The molecule has 15 heavy (non-hydrogen) atoms. The first-order valence-electron chi connectivity index (χ1n) is 5.33. The van der Waals surface area contributed by atoms with Crippen LogP contribution in [0, 0.1) is 5.41 Å². The highest BCUT2D eigenvalue weighted by atomic mass is 16.5. The van der Waals surface area contributed by atoms with E-state index >= 15 is 0 Å². The highest BCUT2D eigenvalue weighted by Crippen LogP contribution is 2.25. The molecule has 1 aliphatic carbocycles. The molecule has 0 radical (unpaired) electrons. The zero-order valence-electron chi connectivity index (χ0n) is 8.75. The zero-order valence-corrected chi connectivity index (χ0v) is 8.75. The summed E-state index contributed by atoms with van der Waals surface area (Å²) in [4.78, 5) is 0. The highest BCUT2D eigenvalue weighted by molar-refractivity contribution is 5.78. The van der Waals surface area contributed by atoms with Crippen LogP contribution in [0.3, 0.4) is 0 Å². The summed E-state index contributed by atoms with van der Waals surface area (Å²) >= 11 is 0. The normalized spacial score (nSPS) is 14.4. The number of hydrogen-bond acceptors (Lipinski definition) is 2. The van der Waals surface area contributed by atoms with Gasteiger partial charge in [-0.15, -0.1) is 0 Å². The Labute approximate surface area is 89.8 Å². The monoisotopic (exact) mass is 204 g/mol. The van der Waals surface area contributed by atoms with Gasteiger partial charge in [0, 0.05) is 0 Å². The lowest BCUT2D eigenvalue weighted by Gasteiger charge is -2.16. The average Bonchev–Trinajstić information content (AvgIpc) is 2.26. The molecule has 0 spiro atoms. The number of nitrogens with one attached hydrogen (secondary N) is 1. The molecule has 1 aromatic carbocycles. The molecule has 3 N–H and O–H groups in total. The van der Waals surface area contributed by atoms with Crippen molar-refractivity contribution in [1.82, 2.24) is 0 Å². The summed E-state index contributed by atoms with van der Waals surface area (Å²) in [7, 11) is 0. The quantitative estimate of drug-likeness (QED) is 0.583. The predicted octanol–water partition coefficient (Wildman–Crippen LogP) is 1.88. The number of aryl methyl sites for hydroxylation is 2. The van der Waals surface area contributed by atoms with E-state index in [1.165, 1.54) is 30.4 Å². The van der Waals surface area contributed by atoms with Gasteiger partial charge in [0.2, 0.25) is 0 Å². The first kappa shape index (κ1) is 10.0. The van der Waals surface area contributed by atoms with E-state index in [4.69, 9.17) is 15.9 Å². The first-order valence-corrected chi connectivity index (χ1v) is 5.33. The van der Waals surface area contributed by atoms with Gasteiger partial charge < -0.3 is 10.5 Å². The van der Waals surface area contributed by atoms with Crippen LogP contribution in [0.2, 0.25) is 0 Å². The van der Waals surface area contributed by atoms with Crippen LogP contribution in [0.1, 0.15) is 24.0 Å². The molecular formula is C12H16N2O. The summed E-state index contributed by atoms with van der Waals surface area (Å²) in [6.45, 7) is 0.179. The first-order chi connectivity index (χ1) is 7.25. The molecular weight excluding hydrogens is 188 g/mol. The largest absolute Gasteiger partial charge is 0.486 e. The molecule has 3 heteroatoms. The molecule has 0 fully saturated rings. The van der Waals surface area contributed by atoms with Crippen molar-refractivity contribution < 1.29 is 4.74 Å². The van der Waals surface area contributed by atoms with Crippen LogP contribution in [0.5, 0.6) is 5.75 Å². The lowest BCUT2D eigenvalue weighted by Crippen LogP contribution is -2.19.